The van der Waals surface area contributed by atoms with Crippen LogP contribution in [-0.4, -0.2) is 19.6 Å². The van der Waals surface area contributed by atoms with Crippen molar-refractivity contribution in [2.24, 2.45) is 0 Å². The van der Waals surface area contributed by atoms with Gasteiger partial charge in [-0.25, -0.2) is 0 Å². The van der Waals surface area contributed by atoms with E-state index < -0.39 is 21.6 Å². The maximum absolute atomic E-state index is 11.2. The van der Waals surface area contributed by atoms with Gasteiger partial charge in [-0.15, -0.1) is 0 Å². The minimum atomic E-state index is -2.47. The summed E-state index contributed by atoms with van der Waals surface area (Å²) in [5, 5.41) is 0. The van der Waals surface area contributed by atoms with E-state index >= 15 is 0 Å². The van der Waals surface area contributed by atoms with E-state index in [0.717, 1.165) is 16.7 Å². The van der Waals surface area contributed by atoms with Crippen LogP contribution >= 0.6 is 16.8 Å². The molecular weight excluding hydrogens is 438 g/mol. The Labute approximate surface area is 194 Å². The van der Waals surface area contributed by atoms with Gasteiger partial charge in [0, 0.05) is 5.56 Å². The molecule has 0 saturated heterocycles. The number of hydrogen-bond donors (Lipinski definition) is 3. The highest BCUT2D eigenvalue weighted by atomic mass is 31.2. The van der Waals surface area contributed by atoms with Crippen LogP contribution in [0.25, 0.3) is 5.57 Å². The molecule has 0 fully saturated rings. The highest BCUT2D eigenvalue weighted by molar-refractivity contribution is 7.67. The summed E-state index contributed by atoms with van der Waals surface area (Å²) in [4.78, 5) is 30.6. The Hall–Kier alpha value is -1.54. The van der Waals surface area contributed by atoms with Gasteiger partial charge in [0.25, 0.3) is 0 Å². The lowest BCUT2D eigenvalue weighted by Gasteiger charge is -2.36. The summed E-state index contributed by atoms with van der Waals surface area (Å²) in [5.74, 6) is 0.585. The fourth-order valence-electron chi connectivity index (χ4n) is 3.67. The Bertz CT molecular complexity index is 1000. The number of benzene rings is 2. The number of hydrogen-bond acceptors (Lipinski definition) is 4. The summed E-state index contributed by atoms with van der Waals surface area (Å²) in [7, 11) is -4.66. The molecule has 0 bridgehead atoms. The normalized spacial score (nSPS) is 20.2. The van der Waals surface area contributed by atoms with Crippen molar-refractivity contribution < 1.29 is 19.2 Å². The molecule has 0 amide bonds. The summed E-state index contributed by atoms with van der Waals surface area (Å²) in [6.45, 7) is 12.8. The van der Waals surface area contributed by atoms with Gasteiger partial charge in [-0.05, 0) is 40.0 Å². The molecule has 3 rings (SSSR count). The van der Waals surface area contributed by atoms with Crippen LogP contribution in [0.5, 0.6) is 5.75 Å². The van der Waals surface area contributed by atoms with Crippen molar-refractivity contribution in [3.8, 4) is 5.75 Å². The SMILES string of the molecule is CC(C)(C)c1ccc(OP(O)C2(P(O)O)C=CC(c3ccccc3)=CC2)c(C(C)(C)C)c1. The quantitative estimate of drug-likeness (QED) is 0.410. The van der Waals surface area contributed by atoms with Crippen LogP contribution in [-0.2, 0) is 10.8 Å². The molecular formula is C26H34O4P2. The standard InChI is InChI=1S/C26H34O4P2/c1-24(2,3)21-12-13-23(22(18-21)25(4,5)6)30-32(29)26(31(27)28)16-14-20(15-17-26)19-10-8-7-9-11-19/h7-16,18,27-29H,17H2,1-6H3. The van der Waals surface area contributed by atoms with Crippen molar-refractivity contribution in [1.82, 2.24) is 0 Å². The van der Waals surface area contributed by atoms with Crippen molar-refractivity contribution in [3.63, 3.8) is 0 Å². The first kappa shape index (κ1) is 25.1. The molecule has 32 heavy (non-hydrogen) atoms. The molecule has 0 heterocycles. The molecule has 2 atom stereocenters. The van der Waals surface area contributed by atoms with E-state index in [9.17, 15) is 14.7 Å². The molecule has 172 valence electrons. The van der Waals surface area contributed by atoms with Crippen LogP contribution in [0.4, 0.5) is 0 Å². The molecule has 0 radical (unpaired) electrons. The van der Waals surface area contributed by atoms with Gasteiger partial charge in [0.2, 0.25) is 8.38 Å². The Kier molecular flexibility index (Phi) is 7.35. The van der Waals surface area contributed by atoms with Crippen molar-refractivity contribution >= 4 is 22.3 Å². The second-order valence-corrected chi connectivity index (χ2v) is 13.6. The van der Waals surface area contributed by atoms with Crippen LogP contribution in [0.15, 0.2) is 66.8 Å². The Morgan fingerprint density at radius 2 is 1.53 bits per heavy atom. The van der Waals surface area contributed by atoms with Crippen LogP contribution in [0.2, 0.25) is 0 Å². The zero-order chi connectivity index (χ0) is 23.7. The van der Waals surface area contributed by atoms with E-state index in [-0.39, 0.29) is 10.8 Å². The third kappa shape index (κ3) is 5.33. The van der Waals surface area contributed by atoms with Gasteiger partial charge in [0.15, 0.2) is 8.38 Å². The lowest BCUT2D eigenvalue weighted by atomic mass is 9.80. The van der Waals surface area contributed by atoms with Gasteiger partial charge in [0.05, 0.1) is 0 Å². The first-order valence-electron chi connectivity index (χ1n) is 10.8. The Balaban J connectivity index is 1.92. The second-order valence-electron chi connectivity index (χ2n) is 10.3. The van der Waals surface area contributed by atoms with Crippen LogP contribution in [0.1, 0.15) is 64.7 Å². The summed E-state index contributed by atoms with van der Waals surface area (Å²) in [6, 6.07) is 16.0. The highest BCUT2D eigenvalue weighted by Gasteiger charge is 2.47. The molecule has 1 aliphatic rings. The average molecular weight is 473 g/mol. The third-order valence-corrected chi connectivity index (χ3v) is 9.21. The summed E-state index contributed by atoms with van der Waals surface area (Å²) >= 11 is 0. The van der Waals surface area contributed by atoms with Gasteiger partial charge in [0.1, 0.15) is 10.6 Å². The highest BCUT2D eigenvalue weighted by Crippen LogP contribution is 2.66. The zero-order valence-corrected chi connectivity index (χ0v) is 21.5. The van der Waals surface area contributed by atoms with E-state index in [2.05, 4.69) is 47.6 Å². The van der Waals surface area contributed by atoms with Crippen LogP contribution in [0.3, 0.4) is 0 Å². The first-order valence-corrected chi connectivity index (χ1v) is 13.3. The average Bonchev–Trinajstić information content (AvgIpc) is 2.73. The predicted molar refractivity (Wildman–Crippen MR) is 136 cm³/mol. The zero-order valence-electron chi connectivity index (χ0n) is 19.7. The van der Waals surface area contributed by atoms with Crippen LogP contribution in [0, 0.1) is 0 Å². The van der Waals surface area contributed by atoms with Crippen molar-refractivity contribution in [3.05, 3.63) is 83.4 Å². The van der Waals surface area contributed by atoms with Gasteiger partial charge >= 0.3 is 0 Å². The fraction of sp³-hybridized carbons (Fsp3) is 0.385. The summed E-state index contributed by atoms with van der Waals surface area (Å²) < 4.78 is 6.12. The minimum absolute atomic E-state index is 0.0149. The smallest absolute Gasteiger partial charge is 0.247 e. The Morgan fingerprint density at radius 1 is 0.875 bits per heavy atom. The lowest BCUT2D eigenvalue weighted by Crippen LogP contribution is -2.26. The van der Waals surface area contributed by atoms with Crippen molar-refractivity contribution in [1.29, 1.82) is 0 Å². The molecule has 2 aromatic carbocycles. The van der Waals surface area contributed by atoms with Crippen LogP contribution < -0.4 is 4.52 Å². The van der Waals surface area contributed by atoms with Gasteiger partial charge in [-0.1, -0.05) is 102 Å². The molecule has 0 saturated carbocycles. The topological polar surface area (TPSA) is 69.9 Å². The largest absolute Gasteiger partial charge is 0.446 e. The van der Waals surface area contributed by atoms with E-state index in [1.165, 1.54) is 5.56 Å². The summed E-state index contributed by atoms with van der Waals surface area (Å²) in [6.07, 6.45) is 5.80. The fourth-order valence-corrected chi connectivity index (χ4v) is 5.82. The molecule has 0 aliphatic heterocycles. The number of allylic oxidation sites excluding steroid dienone is 4. The van der Waals surface area contributed by atoms with E-state index in [4.69, 9.17) is 4.52 Å². The predicted octanol–water partition coefficient (Wildman–Crippen LogP) is 7.00. The molecule has 3 N–H and O–H groups in total. The third-order valence-electron chi connectivity index (χ3n) is 5.78. The van der Waals surface area contributed by atoms with Gasteiger partial charge in [-0.2, -0.15) is 0 Å². The summed E-state index contributed by atoms with van der Waals surface area (Å²) in [5.41, 5.74) is 4.00. The first-order chi connectivity index (χ1) is 14.8. The lowest BCUT2D eigenvalue weighted by molar-refractivity contribution is 0.426. The monoisotopic (exact) mass is 472 g/mol. The molecule has 4 nitrogen and oxygen atoms in total. The molecule has 1 aliphatic carbocycles. The maximum Gasteiger partial charge on any atom is 0.247 e. The Morgan fingerprint density at radius 3 is 2.03 bits per heavy atom. The molecule has 2 unspecified atom stereocenters. The molecule has 6 heteroatoms. The van der Waals surface area contributed by atoms with E-state index in [1.807, 2.05) is 54.6 Å². The molecule has 0 aromatic heterocycles. The van der Waals surface area contributed by atoms with Gasteiger partial charge < -0.3 is 19.2 Å². The second kappa shape index (κ2) is 9.37. The molecule has 2 aromatic rings. The van der Waals surface area contributed by atoms with Crippen molar-refractivity contribution in [2.75, 3.05) is 0 Å². The van der Waals surface area contributed by atoms with Crippen molar-refractivity contribution in [2.45, 2.75) is 63.7 Å². The van der Waals surface area contributed by atoms with E-state index in [0.29, 0.717) is 12.2 Å². The van der Waals surface area contributed by atoms with E-state index in [1.54, 1.807) is 6.08 Å². The maximum atomic E-state index is 11.2. The molecule has 0 spiro atoms. The number of rotatable bonds is 5. The minimum Gasteiger partial charge on any atom is -0.446 e. The van der Waals surface area contributed by atoms with Gasteiger partial charge in [-0.3, -0.25) is 0 Å².